The van der Waals surface area contributed by atoms with Gasteiger partial charge in [-0.3, -0.25) is 9.69 Å². The molecule has 0 atom stereocenters. The number of nitrogens with one attached hydrogen (secondary N) is 2. The molecule has 1 saturated heterocycles. The molecule has 156 valence electrons. The quantitative estimate of drug-likeness (QED) is 0.365. The summed E-state index contributed by atoms with van der Waals surface area (Å²) in [6, 6.07) is 7.83. The first-order valence-electron chi connectivity index (χ1n) is 9.81. The van der Waals surface area contributed by atoms with E-state index in [0.29, 0.717) is 5.96 Å². The number of aliphatic imine (C=N–C) groups is 1. The van der Waals surface area contributed by atoms with Crippen molar-refractivity contribution in [2.75, 3.05) is 66.6 Å². The number of guanidine groups is 1. The van der Waals surface area contributed by atoms with Crippen molar-refractivity contribution in [3.8, 4) is 0 Å². The predicted octanol–water partition coefficient (Wildman–Crippen LogP) is 1.23. The summed E-state index contributed by atoms with van der Waals surface area (Å²) in [6.45, 7) is 6.33. The fraction of sp³-hybridized carbons (Fsp3) is 0.600. The first kappa shape index (κ1) is 22.5. The van der Waals surface area contributed by atoms with Crippen LogP contribution in [0.3, 0.4) is 0 Å². The molecule has 0 unspecified atom stereocenters. The van der Waals surface area contributed by atoms with E-state index >= 15 is 0 Å². The molecule has 1 aliphatic rings. The number of carbonyl (C=O) groups is 1. The topological polar surface area (TPSA) is 69.2 Å². The molecule has 0 spiro atoms. The summed E-state index contributed by atoms with van der Waals surface area (Å²) in [5.41, 5.74) is 1.20. The van der Waals surface area contributed by atoms with Crippen LogP contribution in [0.1, 0.15) is 12.0 Å². The molecule has 7 nitrogen and oxygen atoms in total. The lowest BCUT2D eigenvalue weighted by molar-refractivity contribution is -0.127. The van der Waals surface area contributed by atoms with Crippen LogP contribution in [0.5, 0.6) is 0 Å². The van der Waals surface area contributed by atoms with Gasteiger partial charge in [-0.05, 0) is 37.1 Å². The number of benzene rings is 1. The number of hydrogen-bond acceptors (Lipinski definition) is 4. The second-order valence-electron chi connectivity index (χ2n) is 6.99. The summed E-state index contributed by atoms with van der Waals surface area (Å²) >= 11 is 5.93. The van der Waals surface area contributed by atoms with Crippen molar-refractivity contribution in [1.29, 1.82) is 0 Å². The Morgan fingerprint density at radius 2 is 1.86 bits per heavy atom. The molecular formula is C20H32ClN5O2. The van der Waals surface area contributed by atoms with Gasteiger partial charge in [0.2, 0.25) is 5.91 Å². The molecule has 0 aromatic heterocycles. The van der Waals surface area contributed by atoms with Crippen LogP contribution in [-0.4, -0.2) is 88.2 Å². The van der Waals surface area contributed by atoms with E-state index in [1.165, 1.54) is 5.56 Å². The number of likely N-dealkylation sites (N-methyl/N-ethyl adjacent to an activating group) is 1. The monoisotopic (exact) mass is 409 g/mol. The van der Waals surface area contributed by atoms with Crippen LogP contribution < -0.4 is 10.6 Å². The van der Waals surface area contributed by atoms with E-state index in [1.807, 2.05) is 24.3 Å². The van der Waals surface area contributed by atoms with Crippen molar-refractivity contribution in [1.82, 2.24) is 20.4 Å². The highest BCUT2D eigenvalue weighted by atomic mass is 35.5. The number of carbonyl (C=O) groups excluding carboxylic acids is 1. The van der Waals surface area contributed by atoms with E-state index in [2.05, 4.69) is 20.5 Å². The maximum absolute atomic E-state index is 11.8. The minimum Gasteiger partial charge on any atom is -0.379 e. The van der Waals surface area contributed by atoms with Crippen LogP contribution in [0, 0.1) is 0 Å². The molecule has 0 saturated carbocycles. The molecule has 0 aliphatic carbocycles. The van der Waals surface area contributed by atoms with Crippen molar-refractivity contribution in [2.45, 2.75) is 12.8 Å². The molecule has 1 fully saturated rings. The number of halogens is 1. The zero-order valence-corrected chi connectivity index (χ0v) is 17.7. The zero-order chi connectivity index (χ0) is 20.2. The van der Waals surface area contributed by atoms with Gasteiger partial charge in [-0.25, -0.2) is 4.99 Å². The average molecular weight is 410 g/mol. The van der Waals surface area contributed by atoms with E-state index in [4.69, 9.17) is 16.3 Å². The van der Waals surface area contributed by atoms with Crippen molar-refractivity contribution >= 4 is 23.5 Å². The van der Waals surface area contributed by atoms with E-state index in [1.54, 1.807) is 19.0 Å². The molecule has 1 aliphatic heterocycles. The highest BCUT2D eigenvalue weighted by Crippen LogP contribution is 2.09. The lowest BCUT2D eigenvalue weighted by Gasteiger charge is -2.26. The van der Waals surface area contributed by atoms with Crippen LogP contribution >= 0.6 is 11.6 Å². The fourth-order valence-electron chi connectivity index (χ4n) is 2.77. The molecule has 1 aromatic carbocycles. The van der Waals surface area contributed by atoms with Gasteiger partial charge in [-0.1, -0.05) is 23.7 Å². The number of rotatable bonds is 9. The maximum Gasteiger partial charge on any atom is 0.243 e. The Labute approximate surface area is 173 Å². The molecule has 1 heterocycles. The summed E-state index contributed by atoms with van der Waals surface area (Å²) in [7, 11) is 3.47. The Bertz CT molecular complexity index is 616. The number of ether oxygens (including phenoxy) is 1. The van der Waals surface area contributed by atoms with Gasteiger partial charge in [0.05, 0.1) is 13.2 Å². The van der Waals surface area contributed by atoms with Gasteiger partial charge in [0.15, 0.2) is 5.96 Å². The summed E-state index contributed by atoms with van der Waals surface area (Å²) in [5.74, 6) is 0.651. The number of amides is 1. The third-order valence-electron chi connectivity index (χ3n) is 4.54. The highest BCUT2D eigenvalue weighted by Gasteiger charge is 2.09. The molecule has 28 heavy (non-hydrogen) atoms. The molecule has 0 bridgehead atoms. The van der Waals surface area contributed by atoms with Crippen LogP contribution in [0.15, 0.2) is 29.3 Å². The third-order valence-corrected chi connectivity index (χ3v) is 4.79. The molecular weight excluding hydrogens is 378 g/mol. The minimum atomic E-state index is -0.0212. The summed E-state index contributed by atoms with van der Waals surface area (Å²) in [5, 5.41) is 7.39. The standard InChI is InChI=1S/C20H32ClN5O2/c1-25(2)19(27)16-24-20(22-9-3-11-26-12-14-28-15-13-26)23-10-8-17-4-6-18(21)7-5-17/h4-7H,3,8-16H2,1-2H3,(H2,22,23,24). The van der Waals surface area contributed by atoms with Crippen molar-refractivity contribution in [3.63, 3.8) is 0 Å². The van der Waals surface area contributed by atoms with Crippen molar-refractivity contribution in [2.24, 2.45) is 4.99 Å². The largest absolute Gasteiger partial charge is 0.379 e. The van der Waals surface area contributed by atoms with E-state index in [0.717, 1.165) is 63.8 Å². The normalized spacial score (nSPS) is 15.3. The van der Waals surface area contributed by atoms with Crippen LogP contribution in [0.2, 0.25) is 5.02 Å². The second kappa shape index (κ2) is 12.6. The average Bonchev–Trinajstić information content (AvgIpc) is 2.70. The third kappa shape index (κ3) is 8.91. The van der Waals surface area contributed by atoms with Gasteiger partial charge in [0.1, 0.15) is 6.54 Å². The van der Waals surface area contributed by atoms with Crippen LogP contribution in [0.25, 0.3) is 0 Å². The number of morpholine rings is 1. The maximum atomic E-state index is 11.8. The van der Waals surface area contributed by atoms with Gasteiger partial charge >= 0.3 is 0 Å². The Hall–Kier alpha value is -1.83. The van der Waals surface area contributed by atoms with Gasteiger partial charge in [-0.2, -0.15) is 0 Å². The highest BCUT2D eigenvalue weighted by molar-refractivity contribution is 6.30. The van der Waals surface area contributed by atoms with E-state index in [-0.39, 0.29) is 12.5 Å². The molecule has 2 N–H and O–H groups in total. The Morgan fingerprint density at radius 3 is 2.54 bits per heavy atom. The van der Waals surface area contributed by atoms with Crippen LogP contribution in [0.4, 0.5) is 0 Å². The first-order valence-corrected chi connectivity index (χ1v) is 10.2. The Kier molecular flexibility index (Phi) is 10.1. The lowest BCUT2D eigenvalue weighted by atomic mass is 10.1. The summed E-state index contributed by atoms with van der Waals surface area (Å²) in [4.78, 5) is 20.2. The zero-order valence-electron chi connectivity index (χ0n) is 16.9. The van der Waals surface area contributed by atoms with Gasteiger partial charge in [0.25, 0.3) is 0 Å². The predicted molar refractivity (Wildman–Crippen MR) is 114 cm³/mol. The molecule has 1 aromatic rings. The van der Waals surface area contributed by atoms with Gasteiger partial charge in [0, 0.05) is 45.3 Å². The van der Waals surface area contributed by atoms with Gasteiger partial charge in [-0.15, -0.1) is 0 Å². The minimum absolute atomic E-state index is 0.0212. The Balaban J connectivity index is 1.77. The smallest absolute Gasteiger partial charge is 0.243 e. The first-order chi connectivity index (χ1) is 13.5. The summed E-state index contributed by atoms with van der Waals surface area (Å²) < 4.78 is 5.38. The SMILES string of the molecule is CN(C)C(=O)CN=C(NCCCN1CCOCC1)NCCc1ccc(Cl)cc1. The van der Waals surface area contributed by atoms with E-state index in [9.17, 15) is 4.79 Å². The van der Waals surface area contributed by atoms with Crippen molar-refractivity contribution < 1.29 is 9.53 Å². The van der Waals surface area contributed by atoms with Crippen molar-refractivity contribution in [3.05, 3.63) is 34.9 Å². The molecule has 8 heteroatoms. The van der Waals surface area contributed by atoms with E-state index < -0.39 is 0 Å². The fourth-order valence-corrected chi connectivity index (χ4v) is 2.90. The Morgan fingerprint density at radius 1 is 1.18 bits per heavy atom. The number of nitrogens with zero attached hydrogens (tertiary/aromatic N) is 3. The lowest BCUT2D eigenvalue weighted by Crippen LogP contribution is -2.41. The number of hydrogen-bond donors (Lipinski definition) is 2. The summed E-state index contributed by atoms with van der Waals surface area (Å²) in [6.07, 6.45) is 1.87. The van der Waals surface area contributed by atoms with Crippen LogP contribution in [-0.2, 0) is 16.0 Å². The molecule has 1 amide bonds. The molecule has 0 radical (unpaired) electrons. The van der Waals surface area contributed by atoms with Gasteiger partial charge < -0.3 is 20.3 Å². The second-order valence-corrected chi connectivity index (χ2v) is 7.43. The molecule has 2 rings (SSSR count).